The first-order chi connectivity index (χ1) is 12.1. The van der Waals surface area contributed by atoms with Crippen molar-refractivity contribution >= 4 is 11.9 Å². The number of likely N-dealkylation sites (tertiary alicyclic amines) is 1. The van der Waals surface area contributed by atoms with Crippen molar-refractivity contribution in [2.75, 3.05) is 20.2 Å². The summed E-state index contributed by atoms with van der Waals surface area (Å²) < 4.78 is 11.1. The fraction of sp³-hybridized carbons (Fsp3) is 0.300. The van der Waals surface area contributed by atoms with E-state index in [0.29, 0.717) is 30.0 Å². The lowest BCUT2D eigenvalue weighted by Crippen LogP contribution is -2.48. The zero-order valence-electron chi connectivity index (χ0n) is 14.0. The minimum absolute atomic E-state index is 0.100. The number of amides is 1. The first-order valence-corrected chi connectivity index (χ1v) is 8.40. The van der Waals surface area contributed by atoms with Gasteiger partial charge in [-0.05, 0) is 31.0 Å². The second-order valence-electron chi connectivity index (χ2n) is 6.46. The second kappa shape index (κ2) is 5.92. The van der Waals surface area contributed by atoms with Crippen LogP contribution in [0.15, 0.2) is 48.5 Å². The van der Waals surface area contributed by atoms with E-state index >= 15 is 0 Å². The number of piperidine rings is 1. The number of para-hydroxylation sites is 1. The molecular weight excluding hydrogens is 318 g/mol. The van der Waals surface area contributed by atoms with Gasteiger partial charge in [0.05, 0.1) is 24.8 Å². The molecule has 1 fully saturated rings. The largest absolute Gasteiger partial charge is 0.496 e. The number of rotatable bonds is 2. The molecule has 128 valence electrons. The lowest BCUT2D eigenvalue weighted by atomic mass is 9.85. The Morgan fingerprint density at radius 3 is 2.76 bits per heavy atom. The van der Waals surface area contributed by atoms with Crippen LogP contribution in [-0.4, -0.2) is 37.0 Å². The van der Waals surface area contributed by atoms with Crippen molar-refractivity contribution in [3.63, 3.8) is 0 Å². The number of ether oxygens (including phenoxy) is 2. The second-order valence-corrected chi connectivity index (χ2v) is 6.46. The van der Waals surface area contributed by atoms with E-state index in [-0.39, 0.29) is 11.9 Å². The number of fused-ring (bicyclic) bond motifs is 2. The molecule has 25 heavy (non-hydrogen) atoms. The molecule has 0 aromatic heterocycles. The Balaban J connectivity index is 1.66. The summed E-state index contributed by atoms with van der Waals surface area (Å²) in [6.45, 7) is 1.00. The number of carbonyl (C=O) groups excluding carboxylic acids is 2. The molecule has 2 aromatic carbocycles. The Morgan fingerprint density at radius 1 is 1.16 bits per heavy atom. The molecule has 5 heteroatoms. The van der Waals surface area contributed by atoms with E-state index < -0.39 is 5.60 Å². The van der Waals surface area contributed by atoms with Crippen molar-refractivity contribution in [1.82, 2.24) is 4.90 Å². The van der Waals surface area contributed by atoms with Crippen molar-refractivity contribution in [3.8, 4) is 5.75 Å². The third-order valence-corrected chi connectivity index (χ3v) is 5.01. The monoisotopic (exact) mass is 337 g/mol. The molecule has 1 atom stereocenters. The van der Waals surface area contributed by atoms with Crippen LogP contribution in [0.25, 0.3) is 0 Å². The van der Waals surface area contributed by atoms with Gasteiger partial charge in [-0.3, -0.25) is 4.79 Å². The molecule has 0 radical (unpaired) electrons. The van der Waals surface area contributed by atoms with Gasteiger partial charge in [0.15, 0.2) is 5.60 Å². The van der Waals surface area contributed by atoms with Crippen LogP contribution in [0, 0.1) is 0 Å². The van der Waals surface area contributed by atoms with E-state index in [4.69, 9.17) is 9.47 Å². The molecule has 5 nitrogen and oxygen atoms in total. The third kappa shape index (κ3) is 2.47. The Morgan fingerprint density at radius 2 is 1.92 bits per heavy atom. The van der Waals surface area contributed by atoms with Crippen LogP contribution in [0.1, 0.15) is 39.1 Å². The minimum atomic E-state index is -0.733. The van der Waals surface area contributed by atoms with Crippen molar-refractivity contribution < 1.29 is 19.1 Å². The van der Waals surface area contributed by atoms with E-state index in [1.807, 2.05) is 30.3 Å². The molecule has 2 aliphatic rings. The molecule has 1 saturated heterocycles. The molecule has 2 aromatic rings. The van der Waals surface area contributed by atoms with Crippen molar-refractivity contribution in [1.29, 1.82) is 0 Å². The van der Waals surface area contributed by atoms with Gasteiger partial charge in [0.2, 0.25) is 0 Å². The third-order valence-electron chi connectivity index (χ3n) is 5.01. The predicted octanol–water partition coefficient (Wildman–Crippen LogP) is 3.00. The number of esters is 1. The molecular formula is C20H19NO4. The number of benzene rings is 2. The fourth-order valence-corrected chi connectivity index (χ4v) is 3.84. The summed E-state index contributed by atoms with van der Waals surface area (Å²) in [5.41, 5.74) is 1.29. The van der Waals surface area contributed by atoms with Crippen LogP contribution in [0.2, 0.25) is 0 Å². The van der Waals surface area contributed by atoms with Crippen LogP contribution in [-0.2, 0) is 10.3 Å². The maximum Gasteiger partial charge on any atom is 0.339 e. The first-order valence-electron chi connectivity index (χ1n) is 8.40. The zero-order valence-corrected chi connectivity index (χ0v) is 14.0. The molecule has 4 rings (SSSR count). The first kappa shape index (κ1) is 15.7. The summed E-state index contributed by atoms with van der Waals surface area (Å²) in [5, 5.41) is 0. The van der Waals surface area contributed by atoms with E-state index in [0.717, 1.165) is 18.4 Å². The Labute approximate surface area is 146 Å². The minimum Gasteiger partial charge on any atom is -0.496 e. The molecule has 0 N–H and O–H groups in total. The lowest BCUT2D eigenvalue weighted by Gasteiger charge is -2.39. The predicted molar refractivity (Wildman–Crippen MR) is 91.7 cm³/mol. The molecule has 0 aliphatic carbocycles. The average molecular weight is 337 g/mol. The molecule has 0 saturated carbocycles. The van der Waals surface area contributed by atoms with E-state index in [2.05, 4.69) is 0 Å². The summed E-state index contributed by atoms with van der Waals surface area (Å²) in [5.74, 6) is 0.148. The van der Waals surface area contributed by atoms with Gasteiger partial charge in [-0.2, -0.15) is 0 Å². The Hall–Kier alpha value is -2.82. The van der Waals surface area contributed by atoms with Gasteiger partial charge >= 0.3 is 5.97 Å². The number of hydrogen-bond donors (Lipinski definition) is 0. The van der Waals surface area contributed by atoms with Gasteiger partial charge in [0.1, 0.15) is 5.75 Å². The summed E-state index contributed by atoms with van der Waals surface area (Å²) in [6.07, 6.45) is 1.51. The highest BCUT2D eigenvalue weighted by Crippen LogP contribution is 2.43. The quantitative estimate of drug-likeness (QED) is 0.791. The van der Waals surface area contributed by atoms with Crippen molar-refractivity contribution in [3.05, 3.63) is 65.2 Å². The maximum absolute atomic E-state index is 13.0. The fourth-order valence-electron chi connectivity index (χ4n) is 3.84. The van der Waals surface area contributed by atoms with Crippen LogP contribution in [0.5, 0.6) is 5.75 Å². The molecule has 0 bridgehead atoms. The highest BCUT2D eigenvalue weighted by atomic mass is 16.6. The Bertz CT molecular complexity index is 847. The number of nitrogens with zero attached hydrogens (tertiary/aromatic N) is 1. The van der Waals surface area contributed by atoms with Crippen molar-refractivity contribution in [2.45, 2.75) is 18.4 Å². The molecule has 1 unspecified atom stereocenters. The SMILES string of the molecule is COc1ccccc1C(=O)N1CCCC2(C1)OC(=O)c1ccccc12. The van der Waals surface area contributed by atoms with Gasteiger partial charge in [-0.1, -0.05) is 30.3 Å². The number of carbonyl (C=O) groups is 2. The van der Waals surface area contributed by atoms with E-state index in [9.17, 15) is 9.59 Å². The standard InChI is InChI=1S/C20H19NO4/c1-24-17-10-5-3-8-15(17)18(22)21-12-6-11-20(13-21)16-9-4-2-7-14(16)19(23)25-20/h2-5,7-10H,6,11-13H2,1H3. The van der Waals surface area contributed by atoms with Gasteiger partial charge < -0.3 is 14.4 Å². The lowest BCUT2D eigenvalue weighted by molar-refractivity contribution is -0.0442. The average Bonchev–Trinajstić information content (AvgIpc) is 2.93. The highest BCUT2D eigenvalue weighted by Gasteiger charge is 2.48. The summed E-state index contributed by atoms with van der Waals surface area (Å²) in [4.78, 5) is 27.0. The van der Waals surface area contributed by atoms with Crippen LogP contribution in [0.3, 0.4) is 0 Å². The zero-order chi connectivity index (χ0) is 17.4. The summed E-state index contributed by atoms with van der Waals surface area (Å²) in [6, 6.07) is 14.6. The summed E-state index contributed by atoms with van der Waals surface area (Å²) in [7, 11) is 1.55. The van der Waals surface area contributed by atoms with Gasteiger partial charge in [0, 0.05) is 12.1 Å². The number of methoxy groups -OCH3 is 1. The number of hydrogen-bond acceptors (Lipinski definition) is 4. The van der Waals surface area contributed by atoms with Gasteiger partial charge in [0.25, 0.3) is 5.91 Å². The smallest absolute Gasteiger partial charge is 0.339 e. The van der Waals surface area contributed by atoms with E-state index in [1.165, 1.54) is 0 Å². The van der Waals surface area contributed by atoms with Crippen LogP contribution in [0.4, 0.5) is 0 Å². The Kier molecular flexibility index (Phi) is 3.71. The van der Waals surface area contributed by atoms with Gasteiger partial charge in [-0.25, -0.2) is 4.79 Å². The maximum atomic E-state index is 13.0. The van der Waals surface area contributed by atoms with Crippen LogP contribution < -0.4 is 4.74 Å². The molecule has 1 spiro atoms. The molecule has 2 heterocycles. The highest BCUT2D eigenvalue weighted by molar-refractivity contribution is 5.98. The molecule has 1 amide bonds. The normalized spacial score (nSPS) is 21.8. The molecule has 2 aliphatic heterocycles. The van der Waals surface area contributed by atoms with Crippen LogP contribution >= 0.6 is 0 Å². The summed E-state index contributed by atoms with van der Waals surface area (Å²) >= 11 is 0. The topological polar surface area (TPSA) is 55.8 Å². The van der Waals surface area contributed by atoms with Gasteiger partial charge in [-0.15, -0.1) is 0 Å². The van der Waals surface area contributed by atoms with E-state index in [1.54, 1.807) is 30.2 Å². The van der Waals surface area contributed by atoms with Crippen molar-refractivity contribution in [2.24, 2.45) is 0 Å².